The van der Waals surface area contributed by atoms with Crippen molar-refractivity contribution in [1.82, 2.24) is 9.78 Å². The molecule has 0 amide bonds. The fraction of sp³-hybridized carbons (Fsp3) is 0.571. The van der Waals surface area contributed by atoms with Gasteiger partial charge in [-0.3, -0.25) is 4.68 Å². The van der Waals surface area contributed by atoms with Crippen LogP contribution in [0.1, 0.15) is 25.6 Å². The monoisotopic (exact) mass is 218 g/mol. The van der Waals surface area contributed by atoms with Crippen LogP contribution in [0.4, 0.5) is 0 Å². The molecule has 0 aliphatic rings. The van der Waals surface area contributed by atoms with E-state index in [0.29, 0.717) is 5.69 Å². The van der Waals surface area contributed by atoms with Gasteiger partial charge in [0.25, 0.3) is 0 Å². The topological polar surface area (TPSA) is 38.0 Å². The molecule has 0 aromatic carbocycles. The first kappa shape index (κ1) is 8.74. The molecule has 0 aliphatic heterocycles. The van der Waals surface area contributed by atoms with Gasteiger partial charge in [0.15, 0.2) is 0 Å². The maximum atomic E-state index is 9.21. The van der Waals surface area contributed by atoms with Crippen molar-refractivity contribution in [1.29, 1.82) is 0 Å². The van der Waals surface area contributed by atoms with E-state index in [4.69, 9.17) is 0 Å². The number of aryl methyl sites for hydroxylation is 1. The number of nitrogens with zero attached hydrogens (tertiary/aromatic N) is 2. The Bertz CT molecular complexity index is 245. The molecule has 11 heavy (non-hydrogen) atoms. The smallest absolute Gasteiger partial charge is 0.105 e. The van der Waals surface area contributed by atoms with Gasteiger partial charge in [-0.05, 0) is 29.8 Å². The van der Waals surface area contributed by atoms with Crippen LogP contribution < -0.4 is 0 Å². The Balaban J connectivity index is 2.97. The quantitative estimate of drug-likeness (QED) is 0.822. The summed E-state index contributed by atoms with van der Waals surface area (Å²) in [5.41, 5.74) is 0.701. The van der Waals surface area contributed by atoms with E-state index in [1.165, 1.54) is 0 Å². The molecular weight excluding hydrogens is 208 g/mol. The Kier molecular flexibility index (Phi) is 2.67. The van der Waals surface area contributed by atoms with Crippen molar-refractivity contribution in [2.75, 3.05) is 0 Å². The first-order valence-corrected chi connectivity index (χ1v) is 4.35. The van der Waals surface area contributed by atoms with E-state index in [1.807, 2.05) is 13.1 Å². The Morgan fingerprint density at radius 1 is 1.82 bits per heavy atom. The van der Waals surface area contributed by atoms with Gasteiger partial charge < -0.3 is 5.11 Å². The standard InChI is InChI=1S/C7H11BrN2O/c1-3-10-4-6(8)7(9-10)5(2)11/h4-5,11H,3H2,1-2H3. The van der Waals surface area contributed by atoms with Gasteiger partial charge in [-0.1, -0.05) is 0 Å². The van der Waals surface area contributed by atoms with Gasteiger partial charge in [0.1, 0.15) is 5.69 Å². The molecule has 1 unspecified atom stereocenters. The van der Waals surface area contributed by atoms with Crippen LogP contribution in [0.25, 0.3) is 0 Å². The van der Waals surface area contributed by atoms with E-state index in [0.717, 1.165) is 11.0 Å². The minimum atomic E-state index is -0.503. The molecule has 0 radical (unpaired) electrons. The van der Waals surface area contributed by atoms with Gasteiger partial charge in [-0.15, -0.1) is 0 Å². The normalized spacial score (nSPS) is 13.5. The largest absolute Gasteiger partial charge is 0.387 e. The van der Waals surface area contributed by atoms with Crippen molar-refractivity contribution in [2.24, 2.45) is 0 Å². The van der Waals surface area contributed by atoms with E-state index in [1.54, 1.807) is 11.6 Å². The van der Waals surface area contributed by atoms with Crippen molar-refractivity contribution in [3.8, 4) is 0 Å². The number of hydrogen-bond donors (Lipinski definition) is 1. The summed E-state index contributed by atoms with van der Waals surface area (Å²) in [7, 11) is 0. The fourth-order valence-electron chi connectivity index (χ4n) is 0.857. The summed E-state index contributed by atoms with van der Waals surface area (Å²) in [6, 6.07) is 0. The van der Waals surface area contributed by atoms with E-state index < -0.39 is 6.10 Å². The zero-order valence-electron chi connectivity index (χ0n) is 6.58. The highest BCUT2D eigenvalue weighted by Gasteiger charge is 2.09. The van der Waals surface area contributed by atoms with Crippen molar-refractivity contribution in [3.63, 3.8) is 0 Å². The number of halogens is 1. The van der Waals surface area contributed by atoms with Gasteiger partial charge in [-0.2, -0.15) is 5.10 Å². The molecule has 0 aliphatic carbocycles. The van der Waals surface area contributed by atoms with Crippen molar-refractivity contribution in [2.45, 2.75) is 26.5 Å². The molecular formula is C7H11BrN2O. The van der Waals surface area contributed by atoms with Gasteiger partial charge in [-0.25, -0.2) is 0 Å². The van der Waals surface area contributed by atoms with Crippen molar-refractivity contribution < 1.29 is 5.11 Å². The number of aromatic nitrogens is 2. The number of aliphatic hydroxyl groups excluding tert-OH is 1. The zero-order valence-corrected chi connectivity index (χ0v) is 8.17. The first-order valence-electron chi connectivity index (χ1n) is 3.56. The van der Waals surface area contributed by atoms with Crippen LogP contribution in [0.2, 0.25) is 0 Å². The fourth-order valence-corrected chi connectivity index (χ4v) is 1.50. The molecule has 0 saturated heterocycles. The van der Waals surface area contributed by atoms with Gasteiger partial charge in [0, 0.05) is 12.7 Å². The summed E-state index contributed by atoms with van der Waals surface area (Å²) < 4.78 is 2.65. The Labute approximate surface area is 74.2 Å². The van der Waals surface area contributed by atoms with E-state index in [2.05, 4.69) is 21.0 Å². The molecule has 0 spiro atoms. The highest BCUT2D eigenvalue weighted by molar-refractivity contribution is 9.10. The number of rotatable bonds is 2. The zero-order chi connectivity index (χ0) is 8.43. The third-order valence-electron chi connectivity index (χ3n) is 1.46. The lowest BCUT2D eigenvalue weighted by Gasteiger charge is -1.98. The predicted molar refractivity (Wildman–Crippen MR) is 46.2 cm³/mol. The van der Waals surface area contributed by atoms with E-state index in [-0.39, 0.29) is 0 Å². The second kappa shape index (κ2) is 3.36. The van der Waals surface area contributed by atoms with Crippen LogP contribution in [0.3, 0.4) is 0 Å². The second-order valence-corrected chi connectivity index (χ2v) is 3.25. The van der Waals surface area contributed by atoms with Crippen LogP contribution in [0, 0.1) is 0 Å². The third kappa shape index (κ3) is 1.81. The van der Waals surface area contributed by atoms with E-state index >= 15 is 0 Å². The second-order valence-electron chi connectivity index (χ2n) is 2.39. The summed E-state index contributed by atoms with van der Waals surface area (Å²) in [5, 5.41) is 13.4. The molecule has 1 aromatic rings. The lowest BCUT2D eigenvalue weighted by molar-refractivity contribution is 0.192. The summed E-state index contributed by atoms with van der Waals surface area (Å²) in [5.74, 6) is 0. The Morgan fingerprint density at radius 3 is 2.73 bits per heavy atom. The Hall–Kier alpha value is -0.350. The average Bonchev–Trinajstić information content (AvgIpc) is 2.30. The van der Waals surface area contributed by atoms with Crippen LogP contribution in [-0.2, 0) is 6.54 Å². The minimum absolute atomic E-state index is 0.503. The van der Waals surface area contributed by atoms with Gasteiger partial charge in [0.05, 0.1) is 10.6 Å². The lowest BCUT2D eigenvalue weighted by atomic mass is 10.3. The maximum Gasteiger partial charge on any atom is 0.105 e. The van der Waals surface area contributed by atoms with E-state index in [9.17, 15) is 5.11 Å². The predicted octanol–water partition coefficient (Wildman–Crippen LogP) is 1.72. The Morgan fingerprint density at radius 2 is 2.45 bits per heavy atom. The molecule has 1 aromatic heterocycles. The molecule has 62 valence electrons. The highest BCUT2D eigenvalue weighted by atomic mass is 79.9. The van der Waals surface area contributed by atoms with Crippen molar-refractivity contribution in [3.05, 3.63) is 16.4 Å². The lowest BCUT2D eigenvalue weighted by Crippen LogP contribution is -1.98. The molecule has 4 heteroatoms. The molecule has 1 heterocycles. The minimum Gasteiger partial charge on any atom is -0.387 e. The maximum absolute atomic E-state index is 9.21. The average molecular weight is 219 g/mol. The highest BCUT2D eigenvalue weighted by Crippen LogP contribution is 2.20. The van der Waals surface area contributed by atoms with Crippen LogP contribution in [0.15, 0.2) is 10.7 Å². The van der Waals surface area contributed by atoms with Crippen LogP contribution >= 0.6 is 15.9 Å². The summed E-state index contributed by atoms with van der Waals surface area (Å²) >= 11 is 3.32. The first-order chi connectivity index (χ1) is 5.15. The van der Waals surface area contributed by atoms with Gasteiger partial charge >= 0.3 is 0 Å². The summed E-state index contributed by atoms with van der Waals surface area (Å²) in [4.78, 5) is 0. The molecule has 3 nitrogen and oxygen atoms in total. The summed E-state index contributed by atoms with van der Waals surface area (Å²) in [6.45, 7) is 4.53. The SMILES string of the molecule is CCn1cc(Br)c(C(C)O)n1. The van der Waals surface area contributed by atoms with Crippen LogP contribution in [-0.4, -0.2) is 14.9 Å². The molecule has 1 N–H and O–H groups in total. The molecule has 0 saturated carbocycles. The van der Waals surface area contributed by atoms with Gasteiger partial charge in [0.2, 0.25) is 0 Å². The molecule has 0 bridgehead atoms. The third-order valence-corrected chi connectivity index (χ3v) is 2.07. The molecule has 1 rings (SSSR count). The number of hydrogen-bond acceptors (Lipinski definition) is 2. The molecule has 0 fully saturated rings. The van der Waals surface area contributed by atoms with Crippen molar-refractivity contribution >= 4 is 15.9 Å². The van der Waals surface area contributed by atoms with Crippen LogP contribution in [0.5, 0.6) is 0 Å². The summed E-state index contributed by atoms with van der Waals surface area (Å²) in [6.07, 6.45) is 1.36. The number of aliphatic hydroxyl groups is 1. The molecule has 1 atom stereocenters.